The molecule has 1 aliphatic rings. The van der Waals surface area contributed by atoms with E-state index in [4.69, 9.17) is 0 Å². The Balaban J connectivity index is 1.90. The third-order valence-electron chi connectivity index (χ3n) is 3.78. The summed E-state index contributed by atoms with van der Waals surface area (Å²) in [5.41, 5.74) is 1.35. The van der Waals surface area contributed by atoms with Crippen LogP contribution in [0, 0.1) is 5.92 Å². The quantitative estimate of drug-likeness (QED) is 0.829. The lowest BCUT2D eigenvalue weighted by Crippen LogP contribution is -2.32. The first-order valence-electron chi connectivity index (χ1n) is 6.76. The second-order valence-corrected chi connectivity index (χ2v) is 6.00. The van der Waals surface area contributed by atoms with Crippen molar-refractivity contribution in [2.24, 2.45) is 5.92 Å². The summed E-state index contributed by atoms with van der Waals surface area (Å²) in [6, 6.07) is 11.0. The molecule has 3 heteroatoms. The fraction of sp³-hybridized carbons (Fsp3) is 0.600. The molecule has 0 bridgehead atoms. The molecule has 2 N–H and O–H groups in total. The number of aliphatic hydroxyl groups excluding tert-OH is 1. The number of benzene rings is 1. The van der Waals surface area contributed by atoms with Crippen LogP contribution in [-0.4, -0.2) is 29.8 Å². The van der Waals surface area contributed by atoms with Gasteiger partial charge in [0.1, 0.15) is 0 Å². The second kappa shape index (κ2) is 7.17. The van der Waals surface area contributed by atoms with Gasteiger partial charge in [0.25, 0.3) is 0 Å². The molecule has 100 valence electrons. The zero-order chi connectivity index (χ0) is 12.8. The molecule has 1 saturated carbocycles. The first-order valence-corrected chi connectivity index (χ1v) is 8.16. The van der Waals surface area contributed by atoms with Crippen molar-refractivity contribution in [1.29, 1.82) is 0 Å². The Morgan fingerprint density at radius 1 is 1.33 bits per heavy atom. The summed E-state index contributed by atoms with van der Waals surface area (Å²) in [4.78, 5) is 0. The minimum atomic E-state index is -0.0943. The van der Waals surface area contributed by atoms with E-state index in [0.29, 0.717) is 12.0 Å². The number of thioether (sulfide) groups is 1. The lowest BCUT2D eigenvalue weighted by Gasteiger charge is -2.22. The average molecular weight is 265 g/mol. The Bertz CT molecular complexity index is 344. The van der Waals surface area contributed by atoms with Gasteiger partial charge in [0, 0.05) is 18.3 Å². The third kappa shape index (κ3) is 3.74. The van der Waals surface area contributed by atoms with E-state index in [1.54, 1.807) is 0 Å². The minimum Gasteiger partial charge on any atom is -0.393 e. The molecule has 18 heavy (non-hydrogen) atoms. The molecule has 1 aromatic rings. The van der Waals surface area contributed by atoms with Gasteiger partial charge in [0.2, 0.25) is 0 Å². The van der Waals surface area contributed by atoms with E-state index in [2.05, 4.69) is 41.9 Å². The summed E-state index contributed by atoms with van der Waals surface area (Å²) in [6.07, 6.45) is 5.36. The van der Waals surface area contributed by atoms with Gasteiger partial charge in [0.05, 0.1) is 6.10 Å². The summed E-state index contributed by atoms with van der Waals surface area (Å²) in [6.45, 7) is 0.932. The smallest absolute Gasteiger partial charge is 0.0580 e. The number of aliphatic hydroxyl groups is 1. The molecular weight excluding hydrogens is 242 g/mol. The second-order valence-electron chi connectivity index (χ2n) is 5.09. The highest BCUT2D eigenvalue weighted by Crippen LogP contribution is 2.26. The van der Waals surface area contributed by atoms with Crippen LogP contribution in [-0.2, 0) is 0 Å². The van der Waals surface area contributed by atoms with Crippen molar-refractivity contribution in [2.75, 3.05) is 18.6 Å². The Hall–Kier alpha value is -0.510. The Morgan fingerprint density at radius 2 is 2.11 bits per heavy atom. The molecule has 2 nitrogen and oxygen atoms in total. The molecule has 0 saturated heterocycles. The van der Waals surface area contributed by atoms with Crippen molar-refractivity contribution < 1.29 is 5.11 Å². The van der Waals surface area contributed by atoms with E-state index in [0.717, 1.165) is 25.1 Å². The van der Waals surface area contributed by atoms with Crippen LogP contribution in [0.5, 0.6) is 0 Å². The van der Waals surface area contributed by atoms with Crippen LogP contribution >= 0.6 is 11.8 Å². The molecular formula is C15H23NOS. The van der Waals surface area contributed by atoms with Crippen LogP contribution in [0.2, 0.25) is 0 Å². The van der Waals surface area contributed by atoms with Gasteiger partial charge in [-0.25, -0.2) is 0 Å². The third-order valence-corrected chi connectivity index (χ3v) is 4.45. The lowest BCUT2D eigenvalue weighted by atomic mass is 10.0. The molecule has 0 amide bonds. The summed E-state index contributed by atoms with van der Waals surface area (Å²) >= 11 is 1.86. The van der Waals surface area contributed by atoms with Crippen LogP contribution in [0.4, 0.5) is 0 Å². The van der Waals surface area contributed by atoms with Gasteiger partial charge >= 0.3 is 0 Å². The average Bonchev–Trinajstić information content (AvgIpc) is 2.81. The van der Waals surface area contributed by atoms with Gasteiger partial charge < -0.3 is 10.4 Å². The maximum atomic E-state index is 9.86. The molecule has 0 spiro atoms. The first kappa shape index (κ1) is 13.9. The van der Waals surface area contributed by atoms with Gasteiger partial charge in [-0.05, 0) is 30.6 Å². The van der Waals surface area contributed by atoms with E-state index in [9.17, 15) is 5.11 Å². The number of hydrogen-bond acceptors (Lipinski definition) is 3. The highest BCUT2D eigenvalue weighted by atomic mass is 32.2. The fourth-order valence-electron chi connectivity index (χ4n) is 2.67. The molecule has 1 aliphatic carbocycles. The summed E-state index contributed by atoms with van der Waals surface area (Å²) in [7, 11) is 0. The zero-order valence-electron chi connectivity index (χ0n) is 11.0. The maximum absolute atomic E-state index is 9.86. The molecule has 0 radical (unpaired) electrons. The zero-order valence-corrected chi connectivity index (χ0v) is 11.8. The van der Waals surface area contributed by atoms with Crippen LogP contribution < -0.4 is 5.32 Å². The Kier molecular flexibility index (Phi) is 5.54. The van der Waals surface area contributed by atoms with Crippen molar-refractivity contribution in [3.63, 3.8) is 0 Å². The van der Waals surface area contributed by atoms with E-state index in [-0.39, 0.29) is 6.10 Å². The van der Waals surface area contributed by atoms with E-state index < -0.39 is 0 Å². The number of hydrogen-bond donors (Lipinski definition) is 2. The van der Waals surface area contributed by atoms with Crippen molar-refractivity contribution in [1.82, 2.24) is 5.32 Å². The molecule has 1 aromatic carbocycles. The van der Waals surface area contributed by atoms with Crippen molar-refractivity contribution >= 4 is 11.8 Å². The monoisotopic (exact) mass is 265 g/mol. The summed E-state index contributed by atoms with van der Waals surface area (Å²) in [5, 5.41) is 13.5. The summed E-state index contributed by atoms with van der Waals surface area (Å²) in [5.74, 6) is 1.52. The van der Waals surface area contributed by atoms with Crippen LogP contribution in [0.15, 0.2) is 30.3 Å². The minimum absolute atomic E-state index is 0.0943. The van der Waals surface area contributed by atoms with Gasteiger partial charge in [-0.3, -0.25) is 0 Å². The van der Waals surface area contributed by atoms with E-state index in [1.807, 2.05) is 11.8 Å². The predicted molar refractivity (Wildman–Crippen MR) is 78.9 cm³/mol. The van der Waals surface area contributed by atoms with Crippen LogP contribution in [0.25, 0.3) is 0 Å². The maximum Gasteiger partial charge on any atom is 0.0580 e. The predicted octanol–water partition coefficient (Wildman–Crippen LogP) is 2.84. The van der Waals surface area contributed by atoms with Crippen LogP contribution in [0.1, 0.15) is 30.9 Å². The van der Waals surface area contributed by atoms with Gasteiger partial charge in [-0.15, -0.1) is 0 Å². The molecule has 0 heterocycles. The normalized spacial score (nSPS) is 25.2. The molecule has 3 atom stereocenters. The molecule has 1 fully saturated rings. The largest absolute Gasteiger partial charge is 0.393 e. The van der Waals surface area contributed by atoms with Crippen molar-refractivity contribution in [3.05, 3.63) is 35.9 Å². The Labute approximate surface area is 114 Å². The Morgan fingerprint density at radius 3 is 2.72 bits per heavy atom. The van der Waals surface area contributed by atoms with Crippen molar-refractivity contribution in [3.8, 4) is 0 Å². The SMILES string of the molecule is CSCC(NCC1CCCC1O)c1ccccc1. The topological polar surface area (TPSA) is 32.3 Å². The number of nitrogens with one attached hydrogen (secondary N) is 1. The van der Waals surface area contributed by atoms with Crippen LogP contribution in [0.3, 0.4) is 0 Å². The van der Waals surface area contributed by atoms with Gasteiger partial charge in [0.15, 0.2) is 0 Å². The molecule has 3 unspecified atom stereocenters. The molecule has 2 rings (SSSR count). The van der Waals surface area contributed by atoms with Crippen molar-refractivity contribution in [2.45, 2.75) is 31.4 Å². The first-order chi connectivity index (χ1) is 8.81. The molecule has 0 aromatic heterocycles. The molecule has 0 aliphatic heterocycles. The summed E-state index contributed by atoms with van der Waals surface area (Å²) < 4.78 is 0. The van der Waals surface area contributed by atoms with Gasteiger partial charge in [-0.2, -0.15) is 11.8 Å². The highest BCUT2D eigenvalue weighted by molar-refractivity contribution is 7.98. The lowest BCUT2D eigenvalue weighted by molar-refractivity contribution is 0.130. The van der Waals surface area contributed by atoms with E-state index >= 15 is 0 Å². The fourth-order valence-corrected chi connectivity index (χ4v) is 3.32. The number of rotatable bonds is 6. The van der Waals surface area contributed by atoms with E-state index in [1.165, 1.54) is 12.0 Å². The highest BCUT2D eigenvalue weighted by Gasteiger charge is 2.25. The standard InChI is InChI=1S/C15H23NOS/c1-18-11-14(12-6-3-2-4-7-12)16-10-13-8-5-9-15(13)17/h2-4,6-7,13-17H,5,8-11H2,1H3. The van der Waals surface area contributed by atoms with Gasteiger partial charge in [-0.1, -0.05) is 36.8 Å².